The molecule has 2 rings (SSSR count). The molecule has 2 nitrogen and oxygen atoms in total. The van der Waals surface area contributed by atoms with Crippen LogP contribution in [-0.4, -0.2) is 28.3 Å². The lowest BCUT2D eigenvalue weighted by Gasteiger charge is -2.26. The number of nitrogens with one attached hydrogen (secondary N) is 1. The molecule has 1 N–H and O–H groups in total. The zero-order chi connectivity index (χ0) is 13.8. The topological polar surface area (TPSA) is 29.1 Å². The molecule has 19 heavy (non-hydrogen) atoms. The molecule has 4 heteroatoms. The Morgan fingerprint density at radius 3 is 3.00 bits per heavy atom. The van der Waals surface area contributed by atoms with Crippen LogP contribution in [0.1, 0.15) is 30.9 Å². The molecule has 0 bridgehead atoms. The molecule has 1 aliphatic carbocycles. The van der Waals surface area contributed by atoms with E-state index in [1.54, 1.807) is 6.26 Å². The molecule has 3 atom stereocenters. The second-order valence-corrected chi connectivity index (χ2v) is 8.12. The van der Waals surface area contributed by atoms with Crippen molar-refractivity contribution in [2.45, 2.75) is 43.9 Å². The molecule has 0 amide bonds. The second-order valence-electron chi connectivity index (χ2n) is 5.40. The van der Waals surface area contributed by atoms with Crippen LogP contribution in [0.3, 0.4) is 0 Å². The van der Waals surface area contributed by atoms with E-state index in [0.717, 1.165) is 25.8 Å². The number of aryl methyl sites for hydroxylation is 1. The summed E-state index contributed by atoms with van der Waals surface area (Å²) in [4.78, 5) is 0. The highest BCUT2D eigenvalue weighted by Gasteiger charge is 2.18. The summed E-state index contributed by atoms with van der Waals surface area (Å²) in [6.07, 6.45) is 6.26. The molecule has 3 unspecified atom stereocenters. The first-order valence-electron chi connectivity index (χ1n) is 6.89. The van der Waals surface area contributed by atoms with Crippen LogP contribution in [0.25, 0.3) is 0 Å². The van der Waals surface area contributed by atoms with Crippen molar-refractivity contribution in [3.63, 3.8) is 0 Å². The minimum absolute atomic E-state index is 0.291. The van der Waals surface area contributed by atoms with Crippen molar-refractivity contribution in [2.24, 2.45) is 0 Å². The highest BCUT2D eigenvalue weighted by atomic mass is 79.9. The van der Waals surface area contributed by atoms with E-state index in [2.05, 4.69) is 46.4 Å². The van der Waals surface area contributed by atoms with Crippen LogP contribution in [-0.2, 0) is 23.6 Å². The lowest BCUT2D eigenvalue weighted by atomic mass is 9.88. The SMILES string of the molecule is CC(CCNC1CCc2cc(Br)ccc2C1)S(C)=O. The van der Waals surface area contributed by atoms with E-state index in [4.69, 9.17) is 0 Å². The Morgan fingerprint density at radius 2 is 2.26 bits per heavy atom. The molecule has 0 heterocycles. The Hall–Kier alpha value is -0.190. The van der Waals surface area contributed by atoms with Gasteiger partial charge in [0, 0.05) is 32.8 Å². The molecule has 106 valence electrons. The van der Waals surface area contributed by atoms with Gasteiger partial charge in [0.2, 0.25) is 0 Å². The predicted molar refractivity (Wildman–Crippen MR) is 86.1 cm³/mol. The van der Waals surface area contributed by atoms with E-state index in [-0.39, 0.29) is 0 Å². The van der Waals surface area contributed by atoms with Gasteiger partial charge in [0.05, 0.1) is 0 Å². The molecule has 1 aromatic rings. The maximum absolute atomic E-state index is 11.3. The van der Waals surface area contributed by atoms with Crippen LogP contribution in [0.4, 0.5) is 0 Å². The first-order valence-corrected chi connectivity index (χ1v) is 9.30. The Morgan fingerprint density at radius 1 is 1.47 bits per heavy atom. The van der Waals surface area contributed by atoms with Gasteiger partial charge in [-0.15, -0.1) is 0 Å². The van der Waals surface area contributed by atoms with Gasteiger partial charge in [-0.2, -0.15) is 0 Å². The summed E-state index contributed by atoms with van der Waals surface area (Å²) in [7, 11) is -0.701. The van der Waals surface area contributed by atoms with E-state index in [1.165, 1.54) is 22.0 Å². The zero-order valence-corrected chi connectivity index (χ0v) is 14.0. The molecule has 0 spiro atoms. The minimum atomic E-state index is -0.701. The maximum Gasteiger partial charge on any atom is 0.0329 e. The first kappa shape index (κ1) is 15.2. The molecule has 0 saturated carbocycles. The molecule has 0 aliphatic heterocycles. The summed E-state index contributed by atoms with van der Waals surface area (Å²) in [6.45, 7) is 3.03. The van der Waals surface area contributed by atoms with Gasteiger partial charge in [-0.05, 0) is 55.5 Å². The van der Waals surface area contributed by atoms with Crippen LogP contribution in [0.5, 0.6) is 0 Å². The van der Waals surface area contributed by atoms with Crippen molar-refractivity contribution in [2.75, 3.05) is 12.8 Å². The molecule has 1 aliphatic rings. The zero-order valence-electron chi connectivity index (χ0n) is 11.6. The van der Waals surface area contributed by atoms with Crippen LogP contribution in [0, 0.1) is 0 Å². The summed E-state index contributed by atoms with van der Waals surface area (Å²) < 4.78 is 12.5. The van der Waals surface area contributed by atoms with E-state index in [1.807, 2.05) is 0 Å². The highest BCUT2D eigenvalue weighted by Crippen LogP contribution is 2.24. The summed E-state index contributed by atoms with van der Waals surface area (Å²) in [5, 5.41) is 3.91. The predicted octanol–water partition coefficient (Wildman–Crippen LogP) is 3.05. The fourth-order valence-corrected chi connectivity index (χ4v) is 3.41. The third-order valence-electron chi connectivity index (χ3n) is 3.95. The summed E-state index contributed by atoms with van der Waals surface area (Å²) in [5.74, 6) is 0. The van der Waals surface area contributed by atoms with Crippen LogP contribution >= 0.6 is 15.9 Å². The average Bonchev–Trinajstić information content (AvgIpc) is 2.38. The van der Waals surface area contributed by atoms with Crippen LogP contribution in [0.2, 0.25) is 0 Å². The lowest BCUT2D eigenvalue weighted by Crippen LogP contribution is -2.36. The Bertz CT molecular complexity index is 463. The number of benzene rings is 1. The quantitative estimate of drug-likeness (QED) is 0.890. The fraction of sp³-hybridized carbons (Fsp3) is 0.600. The smallest absolute Gasteiger partial charge is 0.0329 e. The summed E-state index contributed by atoms with van der Waals surface area (Å²) in [6, 6.07) is 7.18. The van der Waals surface area contributed by atoms with Gasteiger partial charge in [-0.3, -0.25) is 4.21 Å². The standard InChI is InChI=1S/C15H22BrNOS/c1-11(19(2)18)7-8-17-15-6-4-12-9-14(16)5-3-13(12)10-15/h3,5,9,11,15,17H,4,6-8,10H2,1-2H3. The third kappa shape index (κ3) is 4.40. The highest BCUT2D eigenvalue weighted by molar-refractivity contribution is 9.10. The molecular weight excluding hydrogens is 322 g/mol. The van der Waals surface area contributed by atoms with E-state index < -0.39 is 10.8 Å². The van der Waals surface area contributed by atoms with Gasteiger partial charge >= 0.3 is 0 Å². The third-order valence-corrected chi connectivity index (χ3v) is 5.81. The maximum atomic E-state index is 11.3. The van der Waals surface area contributed by atoms with Gasteiger partial charge in [0.15, 0.2) is 0 Å². The van der Waals surface area contributed by atoms with Crippen LogP contribution in [0.15, 0.2) is 22.7 Å². The number of halogens is 1. The molecule has 0 saturated heterocycles. The minimum Gasteiger partial charge on any atom is -0.314 e. The average molecular weight is 344 g/mol. The van der Waals surface area contributed by atoms with Gasteiger partial charge in [-0.1, -0.05) is 28.9 Å². The number of fused-ring (bicyclic) bond motifs is 1. The number of hydrogen-bond donors (Lipinski definition) is 1. The molecule has 0 aromatic heterocycles. The Labute approximate surface area is 127 Å². The van der Waals surface area contributed by atoms with Gasteiger partial charge < -0.3 is 5.32 Å². The first-order chi connectivity index (χ1) is 9.06. The van der Waals surface area contributed by atoms with Crippen molar-refractivity contribution in [1.29, 1.82) is 0 Å². The van der Waals surface area contributed by atoms with Crippen molar-refractivity contribution in [1.82, 2.24) is 5.32 Å². The number of rotatable bonds is 5. The Balaban J connectivity index is 1.82. The lowest BCUT2D eigenvalue weighted by molar-refractivity contribution is 0.453. The van der Waals surface area contributed by atoms with Gasteiger partial charge in [0.25, 0.3) is 0 Å². The van der Waals surface area contributed by atoms with E-state index in [0.29, 0.717) is 11.3 Å². The van der Waals surface area contributed by atoms with Crippen molar-refractivity contribution < 1.29 is 4.21 Å². The molecule has 0 radical (unpaired) electrons. The van der Waals surface area contributed by atoms with E-state index >= 15 is 0 Å². The van der Waals surface area contributed by atoms with Crippen molar-refractivity contribution in [3.8, 4) is 0 Å². The van der Waals surface area contributed by atoms with Crippen LogP contribution < -0.4 is 5.32 Å². The van der Waals surface area contributed by atoms with Crippen molar-refractivity contribution in [3.05, 3.63) is 33.8 Å². The fourth-order valence-electron chi connectivity index (χ4n) is 2.55. The summed E-state index contributed by atoms with van der Waals surface area (Å²) >= 11 is 3.53. The largest absolute Gasteiger partial charge is 0.314 e. The molecule has 0 fully saturated rings. The molecule has 1 aromatic carbocycles. The number of hydrogen-bond acceptors (Lipinski definition) is 2. The van der Waals surface area contributed by atoms with Gasteiger partial charge in [-0.25, -0.2) is 0 Å². The van der Waals surface area contributed by atoms with Gasteiger partial charge in [0.1, 0.15) is 0 Å². The second kappa shape index (κ2) is 7.00. The Kier molecular flexibility index (Phi) is 5.60. The summed E-state index contributed by atoms with van der Waals surface area (Å²) in [5.41, 5.74) is 2.95. The normalized spacial score (nSPS) is 21.7. The van der Waals surface area contributed by atoms with Crippen molar-refractivity contribution >= 4 is 26.7 Å². The molecular formula is C15H22BrNOS. The van der Waals surface area contributed by atoms with E-state index in [9.17, 15) is 4.21 Å². The monoisotopic (exact) mass is 343 g/mol.